The number of ether oxygens (including phenoxy) is 2. The summed E-state index contributed by atoms with van der Waals surface area (Å²) in [5.74, 6) is 0.938. The molecule has 0 aliphatic heterocycles. The Kier molecular flexibility index (Phi) is 3.65. The number of anilines is 1. The van der Waals surface area contributed by atoms with Crippen LogP contribution in [0.1, 0.15) is 10.4 Å². The van der Waals surface area contributed by atoms with Crippen molar-refractivity contribution >= 4 is 17.2 Å². The van der Waals surface area contributed by atoms with Crippen LogP contribution in [-0.4, -0.2) is 29.5 Å². The average Bonchev–Trinajstić information content (AvgIpc) is 3.03. The third kappa shape index (κ3) is 2.46. The van der Waals surface area contributed by atoms with Crippen LogP contribution in [0.2, 0.25) is 0 Å². The third-order valence-corrected chi connectivity index (χ3v) is 3.32. The molecule has 3 rings (SSSR count). The maximum absolute atomic E-state index is 12.5. The van der Waals surface area contributed by atoms with Gasteiger partial charge in [0, 0.05) is 24.7 Å². The molecule has 0 bridgehead atoms. The van der Waals surface area contributed by atoms with Gasteiger partial charge in [0.1, 0.15) is 17.1 Å². The summed E-state index contributed by atoms with van der Waals surface area (Å²) >= 11 is 0. The predicted octanol–water partition coefficient (Wildman–Crippen LogP) is 2.60. The van der Waals surface area contributed by atoms with Crippen molar-refractivity contribution in [3.05, 3.63) is 54.5 Å². The normalized spacial score (nSPS) is 10.5. The van der Waals surface area contributed by atoms with Gasteiger partial charge in [-0.1, -0.05) is 0 Å². The monoisotopic (exact) mass is 297 g/mol. The number of nitrogens with zero attached hydrogens (tertiary/aromatic N) is 2. The number of hydrogen-bond acceptors (Lipinski definition) is 4. The lowest BCUT2D eigenvalue weighted by Gasteiger charge is -2.12. The lowest BCUT2D eigenvalue weighted by molar-refractivity contribution is 0.102. The number of hydrogen-bond donors (Lipinski definition) is 1. The van der Waals surface area contributed by atoms with Crippen LogP contribution in [0.15, 0.2) is 48.9 Å². The molecule has 2 heterocycles. The third-order valence-electron chi connectivity index (χ3n) is 3.32. The zero-order valence-corrected chi connectivity index (χ0v) is 12.2. The van der Waals surface area contributed by atoms with E-state index in [2.05, 4.69) is 10.3 Å². The van der Waals surface area contributed by atoms with Crippen LogP contribution >= 0.6 is 0 Å². The van der Waals surface area contributed by atoms with Crippen LogP contribution in [-0.2, 0) is 0 Å². The Morgan fingerprint density at radius 2 is 2.05 bits per heavy atom. The molecule has 1 amide bonds. The quantitative estimate of drug-likeness (QED) is 0.804. The van der Waals surface area contributed by atoms with Crippen molar-refractivity contribution in [2.45, 2.75) is 0 Å². The van der Waals surface area contributed by atoms with E-state index in [9.17, 15) is 4.79 Å². The first kappa shape index (κ1) is 13.9. The lowest BCUT2D eigenvalue weighted by Crippen LogP contribution is -2.14. The number of pyridine rings is 1. The minimum Gasteiger partial charge on any atom is -0.497 e. The van der Waals surface area contributed by atoms with Gasteiger partial charge in [-0.25, -0.2) is 4.98 Å². The topological polar surface area (TPSA) is 64.9 Å². The smallest absolute Gasteiger partial charge is 0.259 e. The van der Waals surface area contributed by atoms with Gasteiger partial charge in [-0.05, 0) is 24.3 Å². The number of carbonyl (C=O) groups excluding carboxylic acids is 1. The highest BCUT2D eigenvalue weighted by atomic mass is 16.5. The Balaban J connectivity index is 1.93. The van der Waals surface area contributed by atoms with Crippen molar-refractivity contribution in [1.29, 1.82) is 0 Å². The molecule has 1 N–H and O–H groups in total. The molecular weight excluding hydrogens is 282 g/mol. The molecule has 0 unspecified atom stereocenters. The van der Waals surface area contributed by atoms with Gasteiger partial charge in [-0.2, -0.15) is 0 Å². The predicted molar refractivity (Wildman–Crippen MR) is 82.7 cm³/mol. The number of carbonyl (C=O) groups is 1. The number of amides is 1. The highest BCUT2D eigenvalue weighted by Crippen LogP contribution is 2.29. The molecule has 22 heavy (non-hydrogen) atoms. The van der Waals surface area contributed by atoms with Crippen molar-refractivity contribution in [1.82, 2.24) is 9.38 Å². The lowest BCUT2D eigenvalue weighted by atomic mass is 10.2. The van der Waals surface area contributed by atoms with Gasteiger partial charge in [0.15, 0.2) is 0 Å². The van der Waals surface area contributed by atoms with Gasteiger partial charge in [0.05, 0.1) is 25.5 Å². The number of benzene rings is 1. The number of fused-ring (bicyclic) bond motifs is 1. The summed E-state index contributed by atoms with van der Waals surface area (Å²) in [7, 11) is 3.12. The average molecular weight is 297 g/mol. The van der Waals surface area contributed by atoms with E-state index in [1.165, 1.54) is 0 Å². The summed E-state index contributed by atoms with van der Waals surface area (Å²) in [5, 5.41) is 2.84. The molecule has 0 aliphatic rings. The van der Waals surface area contributed by atoms with E-state index < -0.39 is 0 Å². The molecule has 0 aliphatic carbocycles. The number of methoxy groups -OCH3 is 2. The van der Waals surface area contributed by atoms with Crippen LogP contribution in [0.25, 0.3) is 5.65 Å². The molecule has 0 saturated heterocycles. The van der Waals surface area contributed by atoms with E-state index in [0.29, 0.717) is 28.4 Å². The fourth-order valence-electron chi connectivity index (χ4n) is 2.22. The van der Waals surface area contributed by atoms with Crippen LogP contribution < -0.4 is 14.8 Å². The molecule has 112 valence electrons. The second-order valence-electron chi connectivity index (χ2n) is 4.60. The van der Waals surface area contributed by atoms with Crippen LogP contribution in [0.3, 0.4) is 0 Å². The zero-order valence-electron chi connectivity index (χ0n) is 12.2. The van der Waals surface area contributed by atoms with E-state index in [0.717, 1.165) is 0 Å². The van der Waals surface area contributed by atoms with Crippen LogP contribution in [0.4, 0.5) is 5.69 Å². The first-order chi connectivity index (χ1) is 10.7. The Labute approximate surface area is 127 Å². The van der Waals surface area contributed by atoms with E-state index in [1.807, 2.05) is 6.20 Å². The van der Waals surface area contributed by atoms with Crippen molar-refractivity contribution in [3.63, 3.8) is 0 Å². The van der Waals surface area contributed by atoms with Crippen molar-refractivity contribution in [3.8, 4) is 11.5 Å². The van der Waals surface area contributed by atoms with Crippen LogP contribution in [0.5, 0.6) is 11.5 Å². The first-order valence-corrected chi connectivity index (χ1v) is 6.68. The summed E-state index contributed by atoms with van der Waals surface area (Å²) in [6.45, 7) is 0. The number of imidazole rings is 1. The molecule has 6 nitrogen and oxygen atoms in total. The van der Waals surface area contributed by atoms with Crippen molar-refractivity contribution < 1.29 is 14.3 Å². The minimum absolute atomic E-state index is 0.250. The number of aromatic nitrogens is 2. The Morgan fingerprint density at radius 1 is 1.18 bits per heavy atom. The molecule has 0 atom stereocenters. The van der Waals surface area contributed by atoms with Gasteiger partial charge in [0.2, 0.25) is 0 Å². The molecule has 0 spiro atoms. The fourth-order valence-corrected chi connectivity index (χ4v) is 2.22. The van der Waals surface area contributed by atoms with E-state index >= 15 is 0 Å². The van der Waals surface area contributed by atoms with Gasteiger partial charge >= 0.3 is 0 Å². The summed E-state index contributed by atoms with van der Waals surface area (Å²) in [6, 6.07) is 8.74. The molecular formula is C16H15N3O3. The summed E-state index contributed by atoms with van der Waals surface area (Å²) < 4.78 is 12.2. The van der Waals surface area contributed by atoms with Gasteiger partial charge in [0.25, 0.3) is 5.91 Å². The largest absolute Gasteiger partial charge is 0.497 e. The second-order valence-corrected chi connectivity index (χ2v) is 4.60. The van der Waals surface area contributed by atoms with Crippen LogP contribution in [0, 0.1) is 0 Å². The Bertz CT molecular complexity index is 826. The van der Waals surface area contributed by atoms with E-state index in [-0.39, 0.29) is 5.91 Å². The molecule has 6 heteroatoms. The maximum Gasteiger partial charge on any atom is 0.259 e. The highest BCUT2D eigenvalue weighted by Gasteiger charge is 2.14. The standard InChI is InChI=1S/C16H15N3O3/c1-21-11-5-6-13(14(10-11)22-2)18-16(20)12-4-3-8-19-9-7-17-15(12)19/h3-10H,1-2H3,(H,18,20). The molecule has 1 aromatic carbocycles. The second kappa shape index (κ2) is 5.77. The van der Waals surface area contributed by atoms with Crippen molar-refractivity contribution in [2.75, 3.05) is 19.5 Å². The Hall–Kier alpha value is -3.02. The number of nitrogens with one attached hydrogen (secondary N) is 1. The highest BCUT2D eigenvalue weighted by molar-refractivity contribution is 6.08. The summed E-state index contributed by atoms with van der Waals surface area (Å²) in [5.41, 5.74) is 1.67. The van der Waals surface area contributed by atoms with Gasteiger partial charge in [-0.3, -0.25) is 4.79 Å². The molecule has 3 aromatic rings. The molecule has 0 radical (unpaired) electrons. The molecule has 2 aromatic heterocycles. The molecule has 0 fully saturated rings. The minimum atomic E-state index is -0.250. The maximum atomic E-state index is 12.5. The van der Waals surface area contributed by atoms with Gasteiger partial charge in [-0.15, -0.1) is 0 Å². The zero-order chi connectivity index (χ0) is 15.5. The van der Waals surface area contributed by atoms with E-state index in [1.54, 1.807) is 61.3 Å². The first-order valence-electron chi connectivity index (χ1n) is 6.68. The Morgan fingerprint density at radius 3 is 2.82 bits per heavy atom. The summed E-state index contributed by atoms with van der Waals surface area (Å²) in [6.07, 6.45) is 5.28. The SMILES string of the molecule is COc1ccc(NC(=O)c2cccn3ccnc23)c(OC)c1. The fraction of sp³-hybridized carbons (Fsp3) is 0.125. The van der Waals surface area contributed by atoms with E-state index in [4.69, 9.17) is 9.47 Å². The molecule has 0 saturated carbocycles. The van der Waals surface area contributed by atoms with Gasteiger partial charge < -0.3 is 19.2 Å². The number of rotatable bonds is 4. The summed E-state index contributed by atoms with van der Waals surface area (Å²) in [4.78, 5) is 16.7. The van der Waals surface area contributed by atoms with Crippen molar-refractivity contribution in [2.24, 2.45) is 0 Å².